The average Bonchev–Trinajstić information content (AvgIpc) is 2.84. The van der Waals surface area contributed by atoms with Gasteiger partial charge >= 0.3 is 5.97 Å². The number of piperidine rings is 1. The molecule has 1 aliphatic rings. The van der Waals surface area contributed by atoms with Crippen LogP contribution in [0, 0.1) is 0 Å². The Morgan fingerprint density at radius 3 is 2.18 bits per heavy atom. The maximum absolute atomic E-state index is 13.3. The van der Waals surface area contributed by atoms with E-state index < -0.39 is 11.4 Å². The van der Waals surface area contributed by atoms with Crippen molar-refractivity contribution in [2.75, 3.05) is 36.5 Å². The molecule has 0 atom stereocenters. The second kappa shape index (κ2) is 11.2. The number of benzene rings is 2. The molecule has 0 spiro atoms. The summed E-state index contributed by atoms with van der Waals surface area (Å²) in [6.07, 6.45) is 0.921. The van der Waals surface area contributed by atoms with E-state index in [4.69, 9.17) is 4.74 Å². The van der Waals surface area contributed by atoms with Gasteiger partial charge in [0.2, 0.25) is 5.91 Å². The van der Waals surface area contributed by atoms with E-state index in [0.717, 1.165) is 17.8 Å². The lowest BCUT2D eigenvalue weighted by Crippen LogP contribution is -2.49. The fraction of sp³-hybridized carbons (Fsp3) is 0.444. The molecule has 2 aromatic carbocycles. The van der Waals surface area contributed by atoms with E-state index in [9.17, 15) is 14.4 Å². The Labute approximate surface area is 202 Å². The molecular formula is C27H35N3O4. The van der Waals surface area contributed by atoms with E-state index in [0.29, 0.717) is 37.7 Å². The molecule has 3 rings (SSSR count). The van der Waals surface area contributed by atoms with E-state index in [1.807, 2.05) is 54.6 Å². The summed E-state index contributed by atoms with van der Waals surface area (Å²) >= 11 is 0. The van der Waals surface area contributed by atoms with Gasteiger partial charge in [0.25, 0.3) is 5.91 Å². The van der Waals surface area contributed by atoms with Crippen molar-refractivity contribution in [1.82, 2.24) is 4.90 Å². The van der Waals surface area contributed by atoms with E-state index >= 15 is 0 Å². The van der Waals surface area contributed by atoms with Crippen LogP contribution in [0.5, 0.6) is 0 Å². The molecule has 0 aliphatic carbocycles. The Morgan fingerprint density at radius 1 is 1.03 bits per heavy atom. The first kappa shape index (κ1) is 25.3. The smallest absolute Gasteiger partial charge is 0.317 e. The Balaban J connectivity index is 1.63. The van der Waals surface area contributed by atoms with Crippen LogP contribution in [0.2, 0.25) is 0 Å². The SMILES string of the molecule is CCN(c1ccc(NC(=O)COC(=O)C2(c3ccccc3)CCN(C(C)=O)CC2)cc1)C(C)C. The molecule has 2 aromatic rings. The lowest BCUT2D eigenvalue weighted by molar-refractivity contribution is -0.156. The van der Waals surface area contributed by atoms with Gasteiger partial charge in [0.15, 0.2) is 6.61 Å². The van der Waals surface area contributed by atoms with E-state index in [1.54, 1.807) is 4.90 Å². The van der Waals surface area contributed by atoms with Crippen molar-refractivity contribution in [2.45, 2.75) is 52.0 Å². The first-order valence-electron chi connectivity index (χ1n) is 11.9. The van der Waals surface area contributed by atoms with Gasteiger partial charge in [-0.2, -0.15) is 0 Å². The summed E-state index contributed by atoms with van der Waals surface area (Å²) < 4.78 is 5.52. The standard InChI is InChI=1S/C27H35N3O4/c1-5-30(20(2)3)24-13-11-23(12-14-24)28-25(32)19-34-26(33)27(22-9-7-6-8-10-22)15-17-29(18-16-27)21(4)31/h6-14,20H,5,15-19H2,1-4H3,(H,28,32). The van der Waals surface area contributed by atoms with Gasteiger partial charge in [-0.25, -0.2) is 0 Å². The zero-order chi connectivity index (χ0) is 24.7. The number of hydrogen-bond acceptors (Lipinski definition) is 5. The number of hydrogen-bond donors (Lipinski definition) is 1. The number of carbonyl (C=O) groups is 3. The predicted molar refractivity (Wildman–Crippen MR) is 134 cm³/mol. The summed E-state index contributed by atoms with van der Waals surface area (Å²) in [5.41, 5.74) is 1.72. The zero-order valence-electron chi connectivity index (χ0n) is 20.5. The minimum absolute atomic E-state index is 0.00382. The lowest BCUT2D eigenvalue weighted by atomic mass is 9.72. The highest BCUT2D eigenvalue weighted by atomic mass is 16.5. The van der Waals surface area contributed by atoms with Crippen LogP contribution in [0.15, 0.2) is 54.6 Å². The van der Waals surface area contributed by atoms with Crippen LogP contribution in [0.4, 0.5) is 11.4 Å². The van der Waals surface area contributed by atoms with Gasteiger partial charge < -0.3 is 19.9 Å². The third-order valence-electron chi connectivity index (χ3n) is 6.56. The molecule has 1 saturated heterocycles. The third-order valence-corrected chi connectivity index (χ3v) is 6.56. The average molecular weight is 466 g/mol. The van der Waals surface area contributed by atoms with Crippen LogP contribution < -0.4 is 10.2 Å². The molecular weight excluding hydrogens is 430 g/mol. The fourth-order valence-electron chi connectivity index (χ4n) is 4.62. The van der Waals surface area contributed by atoms with Crippen molar-refractivity contribution >= 4 is 29.2 Å². The largest absolute Gasteiger partial charge is 0.455 e. The van der Waals surface area contributed by atoms with Crippen molar-refractivity contribution < 1.29 is 19.1 Å². The number of anilines is 2. The lowest BCUT2D eigenvalue weighted by Gasteiger charge is -2.40. The Hall–Kier alpha value is -3.35. The fourth-order valence-corrected chi connectivity index (χ4v) is 4.62. The van der Waals surface area contributed by atoms with Gasteiger partial charge in [-0.15, -0.1) is 0 Å². The minimum Gasteiger partial charge on any atom is -0.455 e. The van der Waals surface area contributed by atoms with Crippen LogP contribution in [-0.2, 0) is 24.5 Å². The molecule has 0 unspecified atom stereocenters. The number of amides is 2. The van der Waals surface area contributed by atoms with Crippen LogP contribution in [0.3, 0.4) is 0 Å². The Bertz CT molecular complexity index is 981. The quantitative estimate of drug-likeness (QED) is 0.597. The molecule has 182 valence electrons. The first-order valence-corrected chi connectivity index (χ1v) is 11.9. The molecule has 1 aliphatic heterocycles. The molecule has 0 bridgehead atoms. The van der Waals surface area contributed by atoms with Crippen LogP contribution in [0.1, 0.15) is 46.1 Å². The van der Waals surface area contributed by atoms with Crippen molar-refractivity contribution in [3.63, 3.8) is 0 Å². The molecule has 0 aromatic heterocycles. The molecule has 7 nitrogen and oxygen atoms in total. The minimum atomic E-state index is -0.865. The van der Waals surface area contributed by atoms with Crippen LogP contribution in [0.25, 0.3) is 0 Å². The number of esters is 1. The topological polar surface area (TPSA) is 79.0 Å². The number of nitrogens with zero attached hydrogens (tertiary/aromatic N) is 2. The molecule has 0 saturated carbocycles. The van der Waals surface area contributed by atoms with E-state index in [-0.39, 0.29) is 18.4 Å². The predicted octanol–water partition coefficient (Wildman–Crippen LogP) is 3.98. The summed E-state index contributed by atoms with van der Waals surface area (Å²) in [6.45, 7) is 9.40. The number of carbonyl (C=O) groups excluding carboxylic acids is 3. The summed E-state index contributed by atoms with van der Waals surface area (Å²) in [4.78, 5) is 41.5. The third kappa shape index (κ3) is 5.76. The van der Waals surface area contributed by atoms with Gasteiger partial charge in [-0.05, 0) is 63.4 Å². The second-order valence-electron chi connectivity index (χ2n) is 9.01. The number of rotatable bonds is 8. The van der Waals surface area contributed by atoms with Crippen LogP contribution in [-0.4, -0.2) is 55.0 Å². The van der Waals surface area contributed by atoms with Crippen molar-refractivity contribution in [3.05, 3.63) is 60.2 Å². The van der Waals surface area contributed by atoms with Gasteiger partial charge in [0, 0.05) is 44.0 Å². The molecule has 1 heterocycles. The van der Waals surface area contributed by atoms with E-state index in [1.165, 1.54) is 6.92 Å². The number of nitrogens with one attached hydrogen (secondary N) is 1. The molecule has 1 N–H and O–H groups in total. The molecule has 2 amide bonds. The Kier molecular flexibility index (Phi) is 8.31. The van der Waals surface area contributed by atoms with Gasteiger partial charge in [0.05, 0.1) is 5.41 Å². The van der Waals surface area contributed by atoms with Gasteiger partial charge in [-0.3, -0.25) is 14.4 Å². The van der Waals surface area contributed by atoms with Crippen molar-refractivity contribution in [3.8, 4) is 0 Å². The Morgan fingerprint density at radius 2 is 1.65 bits per heavy atom. The normalized spacial score (nSPS) is 15.0. The maximum Gasteiger partial charge on any atom is 0.317 e. The molecule has 0 radical (unpaired) electrons. The molecule has 1 fully saturated rings. The summed E-state index contributed by atoms with van der Waals surface area (Å²) in [6, 6.07) is 17.5. The van der Waals surface area contributed by atoms with E-state index in [2.05, 4.69) is 31.0 Å². The first-order chi connectivity index (χ1) is 16.3. The van der Waals surface area contributed by atoms with Crippen LogP contribution >= 0.6 is 0 Å². The second-order valence-corrected chi connectivity index (χ2v) is 9.01. The number of likely N-dealkylation sites (tertiary alicyclic amines) is 1. The van der Waals surface area contributed by atoms with Crippen molar-refractivity contribution in [2.24, 2.45) is 0 Å². The number of ether oxygens (including phenoxy) is 1. The highest BCUT2D eigenvalue weighted by Gasteiger charge is 2.44. The highest BCUT2D eigenvalue weighted by molar-refractivity contribution is 5.94. The van der Waals surface area contributed by atoms with Gasteiger partial charge in [-0.1, -0.05) is 30.3 Å². The molecule has 34 heavy (non-hydrogen) atoms. The summed E-state index contributed by atoms with van der Waals surface area (Å²) in [7, 11) is 0. The zero-order valence-corrected chi connectivity index (χ0v) is 20.5. The maximum atomic E-state index is 13.3. The summed E-state index contributed by atoms with van der Waals surface area (Å²) in [5, 5.41) is 2.80. The highest BCUT2D eigenvalue weighted by Crippen LogP contribution is 2.37. The van der Waals surface area contributed by atoms with Gasteiger partial charge in [0.1, 0.15) is 0 Å². The summed E-state index contributed by atoms with van der Waals surface area (Å²) in [5.74, 6) is -0.819. The monoisotopic (exact) mass is 465 g/mol. The molecule has 7 heteroatoms. The van der Waals surface area contributed by atoms with Crippen molar-refractivity contribution in [1.29, 1.82) is 0 Å².